The summed E-state index contributed by atoms with van der Waals surface area (Å²) < 4.78 is 13.0. The number of anilines is 2. The van der Waals surface area contributed by atoms with Crippen LogP contribution >= 0.6 is 0 Å². The van der Waals surface area contributed by atoms with Crippen molar-refractivity contribution < 1.29 is 14.3 Å². The van der Waals surface area contributed by atoms with Crippen LogP contribution in [0.4, 0.5) is 15.8 Å². The van der Waals surface area contributed by atoms with E-state index in [4.69, 9.17) is 10.8 Å². The second-order valence-electron chi connectivity index (χ2n) is 4.09. The van der Waals surface area contributed by atoms with E-state index in [1.807, 2.05) is 0 Å². The summed E-state index contributed by atoms with van der Waals surface area (Å²) in [5.74, 6) is -1.32. The Balaban J connectivity index is 2.10. The molecule has 0 heterocycles. The molecule has 0 amide bonds. The number of benzene rings is 2. The lowest BCUT2D eigenvalue weighted by atomic mass is 10.1. The lowest BCUT2D eigenvalue weighted by Crippen LogP contribution is -2.04. The molecule has 0 aromatic heterocycles. The van der Waals surface area contributed by atoms with Gasteiger partial charge in [0, 0.05) is 6.54 Å². The Hall–Kier alpha value is -2.56. The van der Waals surface area contributed by atoms with E-state index >= 15 is 0 Å². The summed E-state index contributed by atoms with van der Waals surface area (Å²) in [4.78, 5) is 10.8. The number of carbonyl (C=O) groups is 1. The van der Waals surface area contributed by atoms with Gasteiger partial charge in [0.05, 0.1) is 16.9 Å². The van der Waals surface area contributed by atoms with Crippen molar-refractivity contribution in [3.8, 4) is 0 Å². The Bertz CT molecular complexity index is 614. The third kappa shape index (κ3) is 3.22. The molecule has 2 rings (SSSR count). The molecule has 0 radical (unpaired) electrons. The Morgan fingerprint density at radius 1 is 1.26 bits per heavy atom. The molecule has 0 fully saturated rings. The second kappa shape index (κ2) is 5.39. The van der Waals surface area contributed by atoms with E-state index < -0.39 is 5.97 Å². The summed E-state index contributed by atoms with van der Waals surface area (Å²) in [7, 11) is 0. The van der Waals surface area contributed by atoms with Crippen molar-refractivity contribution in [1.82, 2.24) is 0 Å². The Labute approximate surface area is 109 Å². The van der Waals surface area contributed by atoms with Crippen LogP contribution in [0.2, 0.25) is 0 Å². The molecule has 2 aromatic carbocycles. The Kier molecular flexibility index (Phi) is 3.66. The maximum Gasteiger partial charge on any atom is 0.335 e. The molecule has 0 aliphatic heterocycles. The van der Waals surface area contributed by atoms with E-state index in [-0.39, 0.29) is 11.4 Å². The van der Waals surface area contributed by atoms with E-state index in [1.165, 1.54) is 24.3 Å². The summed E-state index contributed by atoms with van der Waals surface area (Å²) in [6.07, 6.45) is 0. The van der Waals surface area contributed by atoms with Crippen LogP contribution in [0.5, 0.6) is 0 Å². The third-order valence-electron chi connectivity index (χ3n) is 2.67. The highest BCUT2D eigenvalue weighted by Crippen LogP contribution is 2.20. The first-order valence-corrected chi connectivity index (χ1v) is 5.67. The standard InChI is InChI=1S/C14H13FN2O2/c15-11-3-1-2-9(6-11)8-17-13-5-4-10(14(18)19)7-12(13)16/h1-7,17H,8,16H2,(H,18,19). The van der Waals surface area contributed by atoms with Gasteiger partial charge in [0.2, 0.25) is 0 Å². The molecule has 0 unspecified atom stereocenters. The molecule has 0 spiro atoms. The highest BCUT2D eigenvalue weighted by atomic mass is 19.1. The van der Waals surface area contributed by atoms with Crippen molar-refractivity contribution in [2.45, 2.75) is 6.54 Å². The third-order valence-corrected chi connectivity index (χ3v) is 2.67. The van der Waals surface area contributed by atoms with Crippen LogP contribution in [-0.4, -0.2) is 11.1 Å². The number of nitrogens with one attached hydrogen (secondary N) is 1. The molecule has 19 heavy (non-hydrogen) atoms. The predicted molar refractivity (Wildman–Crippen MR) is 71.5 cm³/mol. The van der Waals surface area contributed by atoms with Gasteiger partial charge in [0.15, 0.2) is 0 Å². The van der Waals surface area contributed by atoms with E-state index in [2.05, 4.69) is 5.32 Å². The van der Waals surface area contributed by atoms with Gasteiger partial charge in [0.1, 0.15) is 5.82 Å². The lowest BCUT2D eigenvalue weighted by Gasteiger charge is -2.10. The summed E-state index contributed by atoms with van der Waals surface area (Å²) in [5, 5.41) is 11.9. The summed E-state index contributed by atoms with van der Waals surface area (Å²) in [6, 6.07) is 10.7. The molecule has 4 nitrogen and oxygen atoms in total. The summed E-state index contributed by atoms with van der Waals surface area (Å²) >= 11 is 0. The Morgan fingerprint density at radius 3 is 2.68 bits per heavy atom. The van der Waals surface area contributed by atoms with Gasteiger partial charge >= 0.3 is 5.97 Å². The van der Waals surface area contributed by atoms with Crippen molar-refractivity contribution in [3.05, 3.63) is 59.4 Å². The molecule has 0 bridgehead atoms. The zero-order valence-corrected chi connectivity index (χ0v) is 10.1. The number of hydrogen-bond donors (Lipinski definition) is 3. The zero-order valence-electron chi connectivity index (χ0n) is 10.1. The highest BCUT2D eigenvalue weighted by Gasteiger charge is 2.06. The average Bonchev–Trinajstić information content (AvgIpc) is 2.37. The molecular formula is C14H13FN2O2. The van der Waals surface area contributed by atoms with Crippen LogP contribution in [0, 0.1) is 5.82 Å². The van der Waals surface area contributed by atoms with Crippen LogP contribution in [0.3, 0.4) is 0 Å². The molecule has 0 aliphatic carbocycles. The average molecular weight is 260 g/mol. The van der Waals surface area contributed by atoms with Crippen molar-refractivity contribution in [3.63, 3.8) is 0 Å². The van der Waals surface area contributed by atoms with Gasteiger partial charge in [-0.2, -0.15) is 0 Å². The molecule has 4 N–H and O–H groups in total. The molecule has 98 valence electrons. The smallest absolute Gasteiger partial charge is 0.335 e. The first-order chi connectivity index (χ1) is 9.06. The van der Waals surface area contributed by atoms with Crippen molar-refractivity contribution in [1.29, 1.82) is 0 Å². The minimum Gasteiger partial charge on any atom is -0.478 e. The topological polar surface area (TPSA) is 75.4 Å². The molecule has 0 aliphatic rings. The second-order valence-corrected chi connectivity index (χ2v) is 4.09. The van der Waals surface area contributed by atoms with Gasteiger partial charge in [-0.25, -0.2) is 9.18 Å². The van der Waals surface area contributed by atoms with Crippen LogP contribution < -0.4 is 11.1 Å². The first kappa shape index (κ1) is 12.9. The highest BCUT2D eigenvalue weighted by molar-refractivity contribution is 5.90. The van der Waals surface area contributed by atoms with Crippen LogP contribution in [0.15, 0.2) is 42.5 Å². The number of carboxylic acids is 1. The normalized spacial score (nSPS) is 10.2. The van der Waals surface area contributed by atoms with Gasteiger partial charge in [-0.3, -0.25) is 0 Å². The number of nitrogens with two attached hydrogens (primary N) is 1. The van der Waals surface area contributed by atoms with E-state index in [0.29, 0.717) is 17.9 Å². The van der Waals surface area contributed by atoms with Gasteiger partial charge in [-0.05, 0) is 35.9 Å². The summed E-state index contributed by atoms with van der Waals surface area (Å²) in [6.45, 7) is 0.411. The lowest BCUT2D eigenvalue weighted by molar-refractivity contribution is 0.0697. The SMILES string of the molecule is Nc1cc(C(=O)O)ccc1NCc1cccc(F)c1. The van der Waals surface area contributed by atoms with Crippen molar-refractivity contribution in [2.24, 2.45) is 0 Å². The minimum atomic E-state index is -1.02. The number of nitrogen functional groups attached to an aromatic ring is 1. The van der Waals surface area contributed by atoms with E-state index in [9.17, 15) is 9.18 Å². The number of rotatable bonds is 4. The van der Waals surface area contributed by atoms with Crippen LogP contribution in [0.1, 0.15) is 15.9 Å². The van der Waals surface area contributed by atoms with E-state index in [1.54, 1.807) is 18.2 Å². The predicted octanol–water partition coefficient (Wildman–Crippen LogP) is 2.72. The van der Waals surface area contributed by atoms with Crippen molar-refractivity contribution in [2.75, 3.05) is 11.1 Å². The fourth-order valence-electron chi connectivity index (χ4n) is 1.70. The van der Waals surface area contributed by atoms with Gasteiger partial charge in [0.25, 0.3) is 0 Å². The van der Waals surface area contributed by atoms with Gasteiger partial charge in [-0.15, -0.1) is 0 Å². The maximum atomic E-state index is 13.0. The molecule has 0 atom stereocenters. The largest absolute Gasteiger partial charge is 0.478 e. The first-order valence-electron chi connectivity index (χ1n) is 5.67. The van der Waals surface area contributed by atoms with E-state index in [0.717, 1.165) is 5.56 Å². The fraction of sp³-hybridized carbons (Fsp3) is 0.0714. The maximum absolute atomic E-state index is 13.0. The molecule has 0 saturated carbocycles. The van der Waals surface area contributed by atoms with Crippen LogP contribution in [0.25, 0.3) is 0 Å². The number of halogens is 1. The van der Waals surface area contributed by atoms with Gasteiger partial charge < -0.3 is 16.2 Å². The van der Waals surface area contributed by atoms with Crippen LogP contribution in [-0.2, 0) is 6.54 Å². The molecule has 0 saturated heterocycles. The zero-order chi connectivity index (χ0) is 13.8. The van der Waals surface area contributed by atoms with Crippen molar-refractivity contribution >= 4 is 17.3 Å². The quantitative estimate of drug-likeness (QED) is 0.739. The fourth-order valence-corrected chi connectivity index (χ4v) is 1.70. The number of hydrogen-bond acceptors (Lipinski definition) is 3. The molecule has 2 aromatic rings. The monoisotopic (exact) mass is 260 g/mol. The van der Waals surface area contributed by atoms with Gasteiger partial charge in [-0.1, -0.05) is 12.1 Å². The summed E-state index contributed by atoms with van der Waals surface area (Å²) in [5.41, 5.74) is 7.63. The molecular weight excluding hydrogens is 247 g/mol. The molecule has 5 heteroatoms. The Morgan fingerprint density at radius 2 is 2.05 bits per heavy atom. The minimum absolute atomic E-state index is 0.133. The number of aromatic carboxylic acids is 1. The number of carboxylic acid groups (broad SMARTS) is 1.